The van der Waals surface area contributed by atoms with Crippen LogP contribution in [0.4, 0.5) is 0 Å². The second kappa shape index (κ2) is 7.32. The molecule has 2 rings (SSSR count). The van der Waals surface area contributed by atoms with Gasteiger partial charge in [-0.2, -0.15) is 0 Å². The molecule has 1 atom stereocenters. The Morgan fingerprint density at radius 3 is 2.57 bits per heavy atom. The second-order valence-electron chi connectivity index (χ2n) is 6.11. The predicted octanol–water partition coefficient (Wildman–Crippen LogP) is 5.24. The van der Waals surface area contributed by atoms with Crippen molar-refractivity contribution in [2.24, 2.45) is 5.92 Å². The Labute approximate surface area is 138 Å². The van der Waals surface area contributed by atoms with Crippen LogP contribution in [0.15, 0.2) is 18.2 Å². The first kappa shape index (κ1) is 17.1. The van der Waals surface area contributed by atoms with Crippen LogP contribution in [0.5, 0.6) is 0 Å². The number of hydrogen-bond acceptors (Lipinski definition) is 2. The lowest BCUT2D eigenvalue weighted by molar-refractivity contribution is -0.0757. The van der Waals surface area contributed by atoms with Gasteiger partial charge in [-0.25, -0.2) is 0 Å². The summed E-state index contributed by atoms with van der Waals surface area (Å²) in [5.41, 5.74) is 0.846. The SMILES string of the molecule is CCNC(c1cc(Cl)ccc1Cl)C1(OC)CCC(C)CC1. The van der Waals surface area contributed by atoms with Gasteiger partial charge < -0.3 is 10.1 Å². The molecule has 1 N–H and O–H groups in total. The highest BCUT2D eigenvalue weighted by atomic mass is 35.5. The summed E-state index contributed by atoms with van der Waals surface area (Å²) in [6.07, 6.45) is 4.47. The number of likely N-dealkylation sites (N-methyl/N-ethyl adjacent to an activating group) is 1. The van der Waals surface area contributed by atoms with E-state index in [2.05, 4.69) is 19.2 Å². The van der Waals surface area contributed by atoms with E-state index in [0.717, 1.165) is 35.9 Å². The molecule has 118 valence electrons. The maximum atomic E-state index is 6.44. The summed E-state index contributed by atoms with van der Waals surface area (Å²) in [6.45, 7) is 5.29. The maximum absolute atomic E-state index is 6.44. The summed E-state index contributed by atoms with van der Waals surface area (Å²) in [5, 5.41) is 5.04. The zero-order valence-electron chi connectivity index (χ0n) is 13.1. The van der Waals surface area contributed by atoms with Crippen molar-refractivity contribution in [2.75, 3.05) is 13.7 Å². The third kappa shape index (κ3) is 3.73. The number of rotatable bonds is 5. The van der Waals surface area contributed by atoms with Crippen LogP contribution in [0.2, 0.25) is 10.0 Å². The number of benzene rings is 1. The standard InChI is InChI=1S/C17H25Cl2NO/c1-4-20-16(14-11-13(18)5-6-15(14)19)17(21-3)9-7-12(2)8-10-17/h5-6,11-12,16,20H,4,7-10H2,1-3H3. The topological polar surface area (TPSA) is 21.3 Å². The van der Waals surface area contributed by atoms with Gasteiger partial charge in [0.05, 0.1) is 11.6 Å². The average Bonchev–Trinajstić information content (AvgIpc) is 2.49. The van der Waals surface area contributed by atoms with Crippen molar-refractivity contribution in [1.82, 2.24) is 5.32 Å². The van der Waals surface area contributed by atoms with Crippen LogP contribution >= 0.6 is 23.2 Å². The molecule has 0 aromatic heterocycles. The summed E-state index contributed by atoms with van der Waals surface area (Å²) >= 11 is 12.6. The van der Waals surface area contributed by atoms with Crippen LogP contribution < -0.4 is 5.32 Å². The monoisotopic (exact) mass is 329 g/mol. The molecule has 0 radical (unpaired) electrons. The van der Waals surface area contributed by atoms with E-state index in [4.69, 9.17) is 27.9 Å². The van der Waals surface area contributed by atoms with E-state index in [0.29, 0.717) is 5.02 Å². The molecule has 0 aliphatic heterocycles. The van der Waals surface area contributed by atoms with E-state index in [9.17, 15) is 0 Å². The fourth-order valence-corrected chi connectivity index (χ4v) is 3.79. The highest BCUT2D eigenvalue weighted by molar-refractivity contribution is 6.33. The summed E-state index contributed by atoms with van der Waals surface area (Å²) in [7, 11) is 1.82. The lowest BCUT2D eigenvalue weighted by Gasteiger charge is -2.44. The van der Waals surface area contributed by atoms with Crippen LogP contribution in [0.3, 0.4) is 0 Å². The number of hydrogen-bond donors (Lipinski definition) is 1. The minimum absolute atomic E-state index is 0.0752. The Balaban J connectivity index is 2.38. The van der Waals surface area contributed by atoms with E-state index >= 15 is 0 Å². The molecule has 4 heteroatoms. The van der Waals surface area contributed by atoms with E-state index in [1.54, 1.807) is 0 Å². The number of ether oxygens (including phenoxy) is 1. The Morgan fingerprint density at radius 2 is 2.00 bits per heavy atom. The van der Waals surface area contributed by atoms with Gasteiger partial charge in [0, 0.05) is 17.2 Å². The fourth-order valence-electron chi connectivity index (χ4n) is 3.38. The van der Waals surface area contributed by atoms with Crippen molar-refractivity contribution in [3.8, 4) is 0 Å². The average molecular weight is 330 g/mol. The first-order valence-corrected chi connectivity index (χ1v) is 8.51. The van der Waals surface area contributed by atoms with Crippen LogP contribution in [0.25, 0.3) is 0 Å². The molecule has 0 saturated heterocycles. The Hall–Kier alpha value is -0.280. The number of halogens is 2. The molecule has 1 aliphatic carbocycles. The van der Waals surface area contributed by atoms with Gasteiger partial charge in [-0.05, 0) is 61.9 Å². The molecule has 1 aromatic carbocycles. The van der Waals surface area contributed by atoms with Crippen molar-refractivity contribution in [1.29, 1.82) is 0 Å². The maximum Gasteiger partial charge on any atom is 0.0873 e. The minimum Gasteiger partial charge on any atom is -0.376 e. The van der Waals surface area contributed by atoms with Gasteiger partial charge in [0.1, 0.15) is 0 Å². The third-order valence-electron chi connectivity index (χ3n) is 4.73. The van der Waals surface area contributed by atoms with Gasteiger partial charge in [-0.3, -0.25) is 0 Å². The molecular formula is C17H25Cl2NO. The molecule has 0 amide bonds. The van der Waals surface area contributed by atoms with Crippen molar-refractivity contribution in [2.45, 2.75) is 51.2 Å². The smallest absolute Gasteiger partial charge is 0.0873 e. The lowest BCUT2D eigenvalue weighted by Crippen LogP contribution is -2.48. The molecule has 21 heavy (non-hydrogen) atoms. The molecule has 2 nitrogen and oxygen atoms in total. The van der Waals surface area contributed by atoms with Crippen molar-refractivity contribution in [3.05, 3.63) is 33.8 Å². The van der Waals surface area contributed by atoms with Gasteiger partial charge in [-0.1, -0.05) is 37.0 Å². The second-order valence-corrected chi connectivity index (χ2v) is 6.95. The largest absolute Gasteiger partial charge is 0.376 e. The van der Waals surface area contributed by atoms with Crippen molar-refractivity contribution in [3.63, 3.8) is 0 Å². The molecule has 0 spiro atoms. The van der Waals surface area contributed by atoms with Crippen molar-refractivity contribution < 1.29 is 4.74 Å². The first-order valence-electron chi connectivity index (χ1n) is 7.76. The lowest BCUT2D eigenvalue weighted by atomic mass is 9.73. The third-order valence-corrected chi connectivity index (χ3v) is 5.31. The Morgan fingerprint density at radius 1 is 1.33 bits per heavy atom. The van der Waals surface area contributed by atoms with Gasteiger partial charge >= 0.3 is 0 Å². The molecule has 1 unspecified atom stereocenters. The van der Waals surface area contributed by atoms with Crippen LogP contribution in [0.1, 0.15) is 51.1 Å². The van der Waals surface area contributed by atoms with Crippen molar-refractivity contribution >= 4 is 23.2 Å². The van der Waals surface area contributed by atoms with Crippen LogP contribution in [-0.4, -0.2) is 19.3 Å². The van der Waals surface area contributed by atoms with E-state index in [-0.39, 0.29) is 11.6 Å². The van der Waals surface area contributed by atoms with Gasteiger partial charge in [0.2, 0.25) is 0 Å². The molecule has 1 aliphatic rings. The summed E-state index contributed by atoms with van der Waals surface area (Å²) in [6, 6.07) is 5.75. The highest BCUT2D eigenvalue weighted by Crippen LogP contribution is 2.44. The fraction of sp³-hybridized carbons (Fsp3) is 0.647. The summed E-state index contributed by atoms with van der Waals surface area (Å²) in [5.74, 6) is 0.769. The Kier molecular flexibility index (Phi) is 5.96. The normalized spacial score (nSPS) is 27.6. The Bertz CT molecular complexity index is 470. The van der Waals surface area contributed by atoms with E-state index < -0.39 is 0 Å². The number of methoxy groups -OCH3 is 1. The van der Waals surface area contributed by atoms with Crippen LogP contribution in [0, 0.1) is 5.92 Å². The van der Waals surface area contributed by atoms with E-state index in [1.165, 1.54) is 12.8 Å². The molecular weight excluding hydrogens is 305 g/mol. The quantitative estimate of drug-likeness (QED) is 0.797. The summed E-state index contributed by atoms with van der Waals surface area (Å²) in [4.78, 5) is 0. The van der Waals surface area contributed by atoms with Crippen LogP contribution in [-0.2, 0) is 4.74 Å². The predicted molar refractivity (Wildman–Crippen MR) is 90.3 cm³/mol. The van der Waals surface area contributed by atoms with Gasteiger partial charge in [0.25, 0.3) is 0 Å². The highest BCUT2D eigenvalue weighted by Gasteiger charge is 2.42. The zero-order valence-corrected chi connectivity index (χ0v) is 14.6. The first-order chi connectivity index (χ1) is 10.0. The number of nitrogens with one attached hydrogen (secondary N) is 1. The molecule has 1 aromatic rings. The summed E-state index contributed by atoms with van der Waals surface area (Å²) < 4.78 is 6.03. The molecule has 0 heterocycles. The molecule has 0 bridgehead atoms. The molecule has 1 fully saturated rings. The molecule has 1 saturated carbocycles. The minimum atomic E-state index is -0.198. The van der Waals surface area contributed by atoms with E-state index in [1.807, 2.05) is 25.3 Å². The van der Waals surface area contributed by atoms with Gasteiger partial charge in [-0.15, -0.1) is 0 Å². The zero-order chi connectivity index (χ0) is 15.5. The van der Waals surface area contributed by atoms with Gasteiger partial charge in [0.15, 0.2) is 0 Å².